The summed E-state index contributed by atoms with van der Waals surface area (Å²) in [6.45, 7) is 36.8. The number of esters is 1. The lowest BCUT2D eigenvalue weighted by Crippen LogP contribution is -2.33. The number of halogens is 1. The van der Waals surface area contributed by atoms with Crippen molar-refractivity contribution in [1.82, 2.24) is 15.4 Å². The first-order valence-electron chi connectivity index (χ1n) is 26.9. The third-order valence-electron chi connectivity index (χ3n) is 8.31. The molecule has 0 bridgehead atoms. The van der Waals surface area contributed by atoms with E-state index in [0.29, 0.717) is 33.7 Å². The molecule has 3 amide bonds. The van der Waals surface area contributed by atoms with Crippen molar-refractivity contribution < 1.29 is 48.3 Å². The van der Waals surface area contributed by atoms with Gasteiger partial charge in [-0.2, -0.15) is 0 Å². The quantitative estimate of drug-likeness (QED) is 0.0310. The number of carbonyl (C=O) groups is 5. The molecular weight excluding hydrogens is 1250 g/mol. The summed E-state index contributed by atoms with van der Waals surface area (Å²) >= 11 is 3.31. The maximum absolute atomic E-state index is 11.0. The van der Waals surface area contributed by atoms with Crippen LogP contribution in [0.5, 0.6) is 0 Å². The molecule has 1 N–H and O–H groups in total. The highest BCUT2D eigenvalue weighted by Crippen LogP contribution is 2.37. The van der Waals surface area contributed by atoms with Crippen LogP contribution in [-0.2, 0) is 33.5 Å². The number of hydrogen-bond donors (Lipinski definition) is 1. The van der Waals surface area contributed by atoms with Crippen molar-refractivity contribution in [2.24, 2.45) is 23.7 Å². The number of nitrogens with one attached hydrogen (secondary N) is 1. The normalized spacial score (nSPS) is 11.5. The lowest BCUT2D eigenvalue weighted by Gasteiger charge is -2.13. The summed E-state index contributed by atoms with van der Waals surface area (Å²) in [5.41, 5.74) is 0. The van der Waals surface area contributed by atoms with Crippen LogP contribution in [0.4, 0.5) is 0 Å². The van der Waals surface area contributed by atoms with Crippen LogP contribution in [0.2, 0.25) is 0 Å². The topological polar surface area (TPSA) is 261 Å². The van der Waals surface area contributed by atoms with Crippen molar-refractivity contribution in [1.29, 1.82) is 0 Å². The van der Waals surface area contributed by atoms with E-state index in [1.165, 1.54) is 9.79 Å². The molecule has 2 atom stereocenters. The minimum absolute atomic E-state index is 0.0300. The molecule has 1 aromatic heterocycles. The van der Waals surface area contributed by atoms with Crippen molar-refractivity contribution >= 4 is 110 Å². The number of imide groups is 1. The van der Waals surface area contributed by atoms with Gasteiger partial charge >= 0.3 is 11.9 Å². The van der Waals surface area contributed by atoms with Gasteiger partial charge in [-0.1, -0.05) is 209 Å². The molecule has 1 fully saturated rings. The molecule has 83 heavy (non-hydrogen) atoms. The molecule has 476 valence electrons. The lowest BCUT2D eigenvalue weighted by molar-refractivity contribution is -0.445. The Labute approximate surface area is 528 Å². The van der Waals surface area contributed by atoms with Crippen LogP contribution >= 0.6 is 80.7 Å². The fourth-order valence-electron chi connectivity index (χ4n) is 3.60. The molecule has 1 aliphatic rings. The number of benzene rings is 2. The van der Waals surface area contributed by atoms with Crippen LogP contribution in [-0.4, -0.2) is 109 Å². The Morgan fingerprint density at radius 2 is 0.988 bits per heavy atom. The van der Waals surface area contributed by atoms with Crippen molar-refractivity contribution in [3.8, 4) is 0 Å². The van der Waals surface area contributed by atoms with Crippen molar-refractivity contribution in [3.05, 3.63) is 115 Å². The molecular formula is C57H97BrN6O13S6. The lowest BCUT2D eigenvalue weighted by atomic mass is 10.2. The van der Waals surface area contributed by atoms with Crippen LogP contribution < -0.4 is 5.32 Å². The molecule has 2 aromatic carbocycles. The van der Waals surface area contributed by atoms with E-state index in [-0.39, 0.29) is 42.8 Å². The predicted octanol–water partition coefficient (Wildman–Crippen LogP) is 16.4. The molecule has 2 unspecified atom stereocenters. The van der Waals surface area contributed by atoms with Crippen molar-refractivity contribution in [3.63, 3.8) is 0 Å². The highest BCUT2D eigenvalue weighted by Gasteiger charge is 2.33. The number of hydrogen-bond acceptors (Lipinski definition) is 20. The monoisotopic (exact) mass is 1340 g/mol. The molecule has 0 saturated carbocycles. The van der Waals surface area contributed by atoms with Gasteiger partial charge in [0.05, 0.1) is 12.0 Å². The van der Waals surface area contributed by atoms with Crippen LogP contribution in [0, 0.1) is 54.0 Å². The summed E-state index contributed by atoms with van der Waals surface area (Å²) in [7, 11) is 13.9. The molecule has 1 aliphatic heterocycles. The Bertz CT molecular complexity index is 1990. The second kappa shape index (κ2) is 59.6. The zero-order valence-electron chi connectivity index (χ0n) is 52.7. The number of nitrogens with zero attached hydrogens (tertiary/aromatic N) is 5. The average Bonchev–Trinajstić information content (AvgIpc) is 3.72. The van der Waals surface area contributed by atoms with E-state index in [2.05, 4.69) is 155 Å². The largest absolute Gasteiger partial charge is 0.463 e. The Kier molecular flexibility index (Phi) is 64.8. The van der Waals surface area contributed by atoms with Crippen LogP contribution in [0.1, 0.15) is 150 Å². The number of alkyl halides is 1. The number of rotatable bonds is 18. The summed E-state index contributed by atoms with van der Waals surface area (Å²) < 4.78 is 4.76. The van der Waals surface area contributed by atoms with Gasteiger partial charge in [0, 0.05) is 83.6 Å². The number of amides is 3. The van der Waals surface area contributed by atoms with E-state index in [0.717, 1.165) is 49.3 Å². The molecule has 19 nitrogen and oxygen atoms in total. The van der Waals surface area contributed by atoms with E-state index < -0.39 is 32.6 Å². The molecule has 3 aromatic rings. The van der Waals surface area contributed by atoms with Gasteiger partial charge in [0.1, 0.15) is 5.03 Å². The maximum Gasteiger partial charge on any atom is 0.335 e. The highest BCUT2D eigenvalue weighted by atomic mass is 79.9. The molecule has 0 aliphatic carbocycles. The van der Waals surface area contributed by atoms with Crippen LogP contribution in [0.3, 0.4) is 0 Å². The van der Waals surface area contributed by atoms with Crippen LogP contribution in [0.25, 0.3) is 0 Å². The fraction of sp³-hybridized carbons (Fsp3) is 0.614. The first-order valence-corrected chi connectivity index (χ1v) is 34.6. The molecule has 1 saturated heterocycles. The van der Waals surface area contributed by atoms with E-state index in [9.17, 15) is 24.0 Å². The number of pyridine rings is 1. The number of ether oxygens (including phenoxy) is 1. The zero-order chi connectivity index (χ0) is 65.6. The SMILES string of the molecule is CC(C)C(=O)ON1C(=O)CCC1=O.CC(C)C(C)SSc1ccccc1.CC(C)C(C)SSc1ccccn1.CC(C)CBr.CC(C)SSc1ccccc1.CCC(=O)NC(C)C.CCC(=O)OC(C)C.C[N+](=O)[O-].C[N+](=O)[O-].C[N+](=O)[O-]. The maximum atomic E-state index is 11.0. The van der Waals surface area contributed by atoms with Gasteiger partial charge in [0.25, 0.3) is 11.8 Å². The summed E-state index contributed by atoms with van der Waals surface area (Å²) in [6, 6.07) is 27.3. The highest BCUT2D eigenvalue weighted by molar-refractivity contribution is 9.09. The van der Waals surface area contributed by atoms with Gasteiger partial charge < -0.3 is 14.9 Å². The van der Waals surface area contributed by atoms with Gasteiger partial charge in [0.2, 0.25) is 5.91 Å². The van der Waals surface area contributed by atoms with Gasteiger partial charge in [0.15, 0.2) is 21.1 Å². The average molecular weight is 1350 g/mol. The second-order valence-electron chi connectivity index (χ2n) is 19.3. The third-order valence-corrected chi connectivity index (χ3v) is 18.8. The van der Waals surface area contributed by atoms with E-state index in [1.54, 1.807) is 31.6 Å². The third kappa shape index (κ3) is 74.0. The Morgan fingerprint density at radius 1 is 0.614 bits per heavy atom. The van der Waals surface area contributed by atoms with Crippen molar-refractivity contribution in [2.45, 2.75) is 193 Å². The number of aromatic nitrogens is 1. The van der Waals surface area contributed by atoms with E-state index in [4.69, 9.17) is 35.1 Å². The van der Waals surface area contributed by atoms with Crippen molar-refractivity contribution in [2.75, 3.05) is 26.5 Å². The van der Waals surface area contributed by atoms with E-state index >= 15 is 0 Å². The molecule has 2 heterocycles. The molecule has 0 radical (unpaired) electrons. The molecule has 26 heteroatoms. The Balaban J connectivity index is -0.000000204. The summed E-state index contributed by atoms with van der Waals surface area (Å²) in [6.07, 6.45) is 3.18. The van der Waals surface area contributed by atoms with Gasteiger partial charge in [-0.05, 0) is 92.6 Å². The Hall–Kier alpha value is -4.08. The van der Waals surface area contributed by atoms with E-state index in [1.807, 2.05) is 119 Å². The van der Waals surface area contributed by atoms with Gasteiger partial charge in [-0.25, -0.2) is 9.78 Å². The smallest absolute Gasteiger partial charge is 0.335 e. The minimum atomic E-state index is -0.566. The zero-order valence-corrected chi connectivity index (χ0v) is 59.2. The number of nitro groups is 3. The molecule has 4 rings (SSSR count). The predicted molar refractivity (Wildman–Crippen MR) is 356 cm³/mol. The van der Waals surface area contributed by atoms with Gasteiger partial charge in [-0.3, -0.25) is 49.5 Å². The summed E-state index contributed by atoms with van der Waals surface area (Å²) in [5, 5.41) is 34.0. The fourth-order valence-corrected chi connectivity index (χ4v) is 10.4. The standard InChI is InChI=1S/C11H16S2.C10H15NS2.C9H12S2.C8H11NO4.C6H13NO.C6H12O2.C4H9Br.3CH3NO2/c1-9(2)10(3)12-13-11-7-5-4-6-8-11;1-8(2)9(3)12-13-10-6-4-5-7-11-10;1-8(2)10-11-9-6-4-3-5-7-9;1-5(2)8(12)13-9-6(10)3-4-7(9)11;1-4-6(8)7-5(2)3;1-4-6(7)8-5(2)3;1-4(2)3-5;3*1-2(3)4/h4-10H,1-3H3;4-9H,1-3H3;3-8H,1-2H3;5H,3-4H2,1-2H3;5H,4H2,1-3H3,(H,7,8);5H,4H2,1-3H3;4H,3H2,1-2H3;3*1H3. The number of hydroxylamine groups is 2. The number of carbonyl (C=O) groups excluding carboxylic acids is 5. The minimum Gasteiger partial charge on any atom is -0.463 e. The van der Waals surface area contributed by atoms with Crippen LogP contribution in [0.15, 0.2) is 99.9 Å². The summed E-state index contributed by atoms with van der Waals surface area (Å²) in [5.74, 6) is 0.472. The first kappa shape index (κ1) is 90.1. The summed E-state index contributed by atoms with van der Waals surface area (Å²) in [4.78, 5) is 90.3. The molecule has 0 spiro atoms. The first-order chi connectivity index (χ1) is 38.5. The second-order valence-corrected chi connectivity index (χ2v) is 28.0. The Morgan fingerprint density at radius 3 is 1.25 bits per heavy atom. The van der Waals surface area contributed by atoms with Gasteiger partial charge in [-0.15, -0.1) is 5.06 Å².